The van der Waals surface area contributed by atoms with Crippen molar-refractivity contribution >= 4 is 6.03 Å². The average molecular weight is 278 g/mol. The molecule has 0 aliphatic carbocycles. The molecule has 2 amide bonds. The van der Waals surface area contributed by atoms with E-state index in [0.717, 1.165) is 24.2 Å². The Morgan fingerprint density at radius 2 is 2.10 bits per heavy atom. The van der Waals surface area contributed by atoms with Crippen molar-refractivity contribution in [1.82, 2.24) is 20.1 Å². The van der Waals surface area contributed by atoms with Crippen LogP contribution in [-0.2, 0) is 6.54 Å². The van der Waals surface area contributed by atoms with Gasteiger partial charge in [0.1, 0.15) is 0 Å². The van der Waals surface area contributed by atoms with Gasteiger partial charge in [-0.15, -0.1) is 0 Å². The molecule has 0 fully saturated rings. The molecule has 0 aliphatic rings. The first-order valence-electron chi connectivity index (χ1n) is 7.00. The van der Waals surface area contributed by atoms with E-state index in [1.165, 1.54) is 0 Å². The highest BCUT2D eigenvalue weighted by Gasteiger charge is 2.14. The molecule has 1 aromatic heterocycles. The molecule has 0 saturated carbocycles. The minimum atomic E-state index is -0.0341. The number of nitrogens with one attached hydrogen (secondary N) is 1. The van der Waals surface area contributed by atoms with Crippen LogP contribution in [0.5, 0.6) is 0 Å². The van der Waals surface area contributed by atoms with Crippen molar-refractivity contribution in [2.45, 2.75) is 32.9 Å². The molecule has 1 rings (SSSR count). The highest BCUT2D eigenvalue weighted by molar-refractivity contribution is 5.74. The smallest absolute Gasteiger partial charge is 0.317 e. The summed E-state index contributed by atoms with van der Waals surface area (Å²) in [5, 5.41) is 3.06. The van der Waals surface area contributed by atoms with Crippen molar-refractivity contribution in [2.24, 2.45) is 0 Å². The lowest BCUT2D eigenvalue weighted by Crippen LogP contribution is -2.46. The van der Waals surface area contributed by atoms with Gasteiger partial charge in [-0.2, -0.15) is 0 Å². The molecule has 0 aromatic carbocycles. The first-order chi connectivity index (χ1) is 9.42. The first kappa shape index (κ1) is 16.4. The van der Waals surface area contributed by atoms with Crippen LogP contribution in [0.25, 0.3) is 0 Å². The van der Waals surface area contributed by atoms with E-state index in [9.17, 15) is 4.79 Å². The summed E-state index contributed by atoms with van der Waals surface area (Å²) in [7, 11) is 5.84. The average Bonchev–Trinajstić information content (AvgIpc) is 2.37. The van der Waals surface area contributed by atoms with E-state index in [-0.39, 0.29) is 12.1 Å². The number of likely N-dealkylation sites (N-methyl/N-ethyl adjacent to an activating group) is 1. The molecular formula is C15H26N4O. The zero-order valence-electron chi connectivity index (χ0n) is 13.2. The Bertz CT molecular complexity index is 434. The molecule has 0 bridgehead atoms. The monoisotopic (exact) mass is 278 g/mol. The highest BCUT2D eigenvalue weighted by Crippen LogP contribution is 2.05. The summed E-state index contributed by atoms with van der Waals surface area (Å²) >= 11 is 0. The van der Waals surface area contributed by atoms with Gasteiger partial charge in [0.2, 0.25) is 0 Å². The number of nitrogens with zero attached hydrogens (tertiary/aromatic N) is 3. The summed E-state index contributed by atoms with van der Waals surface area (Å²) in [4.78, 5) is 20.1. The minimum absolute atomic E-state index is 0.0341. The number of carbonyl (C=O) groups is 1. The van der Waals surface area contributed by atoms with E-state index in [2.05, 4.69) is 22.1 Å². The quantitative estimate of drug-likeness (QED) is 0.864. The Hall–Kier alpha value is -1.62. The molecule has 0 spiro atoms. The third kappa shape index (κ3) is 5.57. The maximum absolute atomic E-state index is 12.2. The fourth-order valence-electron chi connectivity index (χ4n) is 2.05. The second-order valence-corrected chi connectivity index (χ2v) is 5.48. The van der Waals surface area contributed by atoms with Crippen molar-refractivity contribution in [1.29, 1.82) is 0 Å². The number of urea groups is 1. The number of aryl methyl sites for hydroxylation is 1. The summed E-state index contributed by atoms with van der Waals surface area (Å²) in [6.07, 6.45) is 2.70. The molecule has 1 unspecified atom stereocenters. The van der Waals surface area contributed by atoms with E-state index in [1.807, 2.05) is 40.2 Å². The molecule has 1 N–H and O–H groups in total. The molecule has 1 atom stereocenters. The Labute approximate surface area is 122 Å². The van der Waals surface area contributed by atoms with Gasteiger partial charge in [0.05, 0.1) is 0 Å². The first-order valence-corrected chi connectivity index (χ1v) is 7.00. The molecule has 0 radical (unpaired) electrons. The SMILES string of the molecule is CCC(CN(C)C)NC(=O)N(C)Cc1ccnc(C)c1. The molecule has 1 aromatic rings. The van der Waals surface area contributed by atoms with Crippen LogP contribution >= 0.6 is 0 Å². The highest BCUT2D eigenvalue weighted by atomic mass is 16.2. The van der Waals surface area contributed by atoms with E-state index in [0.29, 0.717) is 6.54 Å². The minimum Gasteiger partial charge on any atom is -0.334 e. The zero-order valence-corrected chi connectivity index (χ0v) is 13.2. The van der Waals surface area contributed by atoms with Crippen LogP contribution in [0.2, 0.25) is 0 Å². The van der Waals surface area contributed by atoms with E-state index < -0.39 is 0 Å². The van der Waals surface area contributed by atoms with Crippen LogP contribution in [0.4, 0.5) is 4.79 Å². The topological polar surface area (TPSA) is 48.5 Å². The van der Waals surface area contributed by atoms with Gasteiger partial charge in [-0.05, 0) is 45.1 Å². The van der Waals surface area contributed by atoms with Gasteiger partial charge in [-0.1, -0.05) is 6.92 Å². The molecule has 20 heavy (non-hydrogen) atoms. The number of pyridine rings is 1. The van der Waals surface area contributed by atoms with Gasteiger partial charge in [-0.25, -0.2) is 4.79 Å². The number of carbonyl (C=O) groups excluding carboxylic acids is 1. The molecule has 5 nitrogen and oxygen atoms in total. The van der Waals surface area contributed by atoms with Crippen LogP contribution in [-0.4, -0.2) is 54.5 Å². The number of hydrogen-bond donors (Lipinski definition) is 1. The Balaban J connectivity index is 2.54. The molecular weight excluding hydrogens is 252 g/mol. The summed E-state index contributed by atoms with van der Waals surface area (Å²) in [6, 6.07) is 4.08. The van der Waals surface area contributed by atoms with Crippen LogP contribution in [0.15, 0.2) is 18.3 Å². The van der Waals surface area contributed by atoms with E-state index in [1.54, 1.807) is 11.1 Å². The molecule has 1 heterocycles. The van der Waals surface area contributed by atoms with Crippen molar-refractivity contribution in [2.75, 3.05) is 27.7 Å². The summed E-state index contributed by atoms with van der Waals surface area (Å²) in [5.41, 5.74) is 2.06. The predicted molar refractivity (Wildman–Crippen MR) is 81.6 cm³/mol. The van der Waals surface area contributed by atoms with Crippen molar-refractivity contribution in [3.05, 3.63) is 29.6 Å². The maximum atomic E-state index is 12.2. The van der Waals surface area contributed by atoms with Crippen LogP contribution < -0.4 is 5.32 Å². The van der Waals surface area contributed by atoms with Crippen LogP contribution in [0, 0.1) is 6.92 Å². The summed E-state index contributed by atoms with van der Waals surface area (Å²) < 4.78 is 0. The number of rotatable bonds is 6. The molecule has 112 valence electrons. The largest absolute Gasteiger partial charge is 0.334 e. The Kier molecular flexibility index (Phi) is 6.45. The predicted octanol–water partition coefficient (Wildman–Crippen LogP) is 1.87. The van der Waals surface area contributed by atoms with E-state index in [4.69, 9.17) is 0 Å². The number of amides is 2. The van der Waals surface area contributed by atoms with Gasteiger partial charge < -0.3 is 15.1 Å². The zero-order chi connectivity index (χ0) is 15.1. The summed E-state index contributed by atoms with van der Waals surface area (Å²) in [5.74, 6) is 0. The van der Waals surface area contributed by atoms with Crippen LogP contribution in [0.1, 0.15) is 24.6 Å². The Morgan fingerprint density at radius 1 is 1.40 bits per heavy atom. The fraction of sp³-hybridized carbons (Fsp3) is 0.600. The maximum Gasteiger partial charge on any atom is 0.317 e. The third-order valence-electron chi connectivity index (χ3n) is 3.13. The van der Waals surface area contributed by atoms with E-state index >= 15 is 0 Å². The molecule has 0 saturated heterocycles. The second kappa shape index (κ2) is 7.85. The number of aromatic nitrogens is 1. The van der Waals surface area contributed by atoms with Gasteiger partial charge in [0.25, 0.3) is 0 Å². The lowest BCUT2D eigenvalue weighted by atomic mass is 10.2. The summed E-state index contributed by atoms with van der Waals surface area (Å²) in [6.45, 7) is 5.48. The number of hydrogen-bond acceptors (Lipinski definition) is 3. The van der Waals surface area contributed by atoms with Gasteiger partial charge in [0.15, 0.2) is 0 Å². The molecule has 5 heteroatoms. The van der Waals surface area contributed by atoms with Crippen molar-refractivity contribution < 1.29 is 4.79 Å². The second-order valence-electron chi connectivity index (χ2n) is 5.48. The third-order valence-corrected chi connectivity index (χ3v) is 3.13. The lowest BCUT2D eigenvalue weighted by Gasteiger charge is -2.25. The van der Waals surface area contributed by atoms with Crippen molar-refractivity contribution in [3.63, 3.8) is 0 Å². The molecule has 0 aliphatic heterocycles. The lowest BCUT2D eigenvalue weighted by molar-refractivity contribution is 0.198. The van der Waals surface area contributed by atoms with Gasteiger partial charge in [0, 0.05) is 38.1 Å². The Morgan fingerprint density at radius 3 is 2.65 bits per heavy atom. The normalized spacial score (nSPS) is 12.3. The fourth-order valence-corrected chi connectivity index (χ4v) is 2.05. The van der Waals surface area contributed by atoms with Gasteiger partial charge in [-0.3, -0.25) is 4.98 Å². The van der Waals surface area contributed by atoms with Gasteiger partial charge >= 0.3 is 6.03 Å². The van der Waals surface area contributed by atoms with Crippen molar-refractivity contribution in [3.8, 4) is 0 Å². The van der Waals surface area contributed by atoms with Crippen LogP contribution in [0.3, 0.4) is 0 Å². The standard InChI is InChI=1S/C15H26N4O/c1-6-14(11-18(3)4)17-15(20)19(5)10-13-7-8-16-12(2)9-13/h7-9,14H,6,10-11H2,1-5H3,(H,17,20).